The van der Waals surface area contributed by atoms with E-state index in [2.05, 4.69) is 24.3 Å². The molecule has 3 rings (SSSR count). The number of benzene rings is 3. The van der Waals surface area contributed by atoms with E-state index in [0.717, 1.165) is 16.2 Å². The van der Waals surface area contributed by atoms with Crippen molar-refractivity contribution in [3.8, 4) is 5.75 Å². The second kappa shape index (κ2) is 5.94. The summed E-state index contributed by atoms with van der Waals surface area (Å²) < 4.78 is 5.38. The molecule has 3 heteroatoms. The summed E-state index contributed by atoms with van der Waals surface area (Å²) in [6, 6.07) is 18.1. The minimum absolute atomic E-state index is 0.236. The highest BCUT2D eigenvalue weighted by molar-refractivity contribution is 6.07. The average molecular weight is 279 g/mol. The lowest BCUT2D eigenvalue weighted by Crippen LogP contribution is -2.10. The molecule has 0 aromatic heterocycles. The largest absolute Gasteiger partial charge is 0.427 e. The van der Waals surface area contributed by atoms with Crippen LogP contribution in [0.15, 0.2) is 54.6 Å². The Labute approximate surface area is 123 Å². The smallest absolute Gasteiger partial charge is 0.311 e. The molecule has 0 spiro atoms. The molecule has 0 aliphatic heterocycles. The Balaban J connectivity index is 1.98. The van der Waals surface area contributed by atoms with E-state index in [1.807, 2.05) is 30.3 Å². The fourth-order valence-corrected chi connectivity index (χ4v) is 2.47. The summed E-state index contributed by atoms with van der Waals surface area (Å²) in [7, 11) is 0. The van der Waals surface area contributed by atoms with Gasteiger partial charge < -0.3 is 10.5 Å². The highest BCUT2D eigenvalue weighted by Crippen LogP contribution is 2.28. The van der Waals surface area contributed by atoms with Gasteiger partial charge in [-0.2, -0.15) is 0 Å². The van der Waals surface area contributed by atoms with Crippen LogP contribution in [0.4, 0.5) is 0 Å². The summed E-state index contributed by atoms with van der Waals surface area (Å²) in [4.78, 5) is 11.7. The molecule has 0 radical (unpaired) electrons. The fourth-order valence-electron chi connectivity index (χ4n) is 2.47. The summed E-state index contributed by atoms with van der Waals surface area (Å²) >= 11 is 0. The van der Waals surface area contributed by atoms with Gasteiger partial charge in [0.05, 0.1) is 0 Å². The quantitative estimate of drug-likeness (QED) is 0.450. The fraction of sp³-hybridized carbons (Fsp3) is 0.167. The summed E-state index contributed by atoms with van der Waals surface area (Å²) in [5.74, 6) is 0.348. The van der Waals surface area contributed by atoms with E-state index in [1.54, 1.807) is 0 Å². The number of esters is 1. The Morgan fingerprint density at radius 2 is 1.67 bits per heavy atom. The van der Waals surface area contributed by atoms with Gasteiger partial charge in [-0.15, -0.1) is 0 Å². The second-order valence-corrected chi connectivity index (χ2v) is 5.04. The topological polar surface area (TPSA) is 52.3 Å². The molecular weight excluding hydrogens is 262 g/mol. The molecule has 0 aliphatic carbocycles. The first kappa shape index (κ1) is 13.6. The maximum atomic E-state index is 11.7. The summed E-state index contributed by atoms with van der Waals surface area (Å²) in [5.41, 5.74) is 5.40. The zero-order valence-electron chi connectivity index (χ0n) is 11.7. The SMILES string of the molecule is NCCCC(=O)Oc1ccc2ccc3ccccc3c2c1. The molecule has 106 valence electrons. The number of rotatable bonds is 4. The third-order valence-electron chi connectivity index (χ3n) is 3.53. The Kier molecular flexibility index (Phi) is 3.84. The first-order valence-corrected chi connectivity index (χ1v) is 7.10. The molecule has 0 amide bonds. The van der Waals surface area contributed by atoms with Gasteiger partial charge in [-0.3, -0.25) is 4.79 Å². The van der Waals surface area contributed by atoms with Crippen LogP contribution in [0.1, 0.15) is 12.8 Å². The normalized spacial score (nSPS) is 10.9. The molecule has 0 bridgehead atoms. The van der Waals surface area contributed by atoms with Crippen LogP contribution in [-0.2, 0) is 4.79 Å². The van der Waals surface area contributed by atoms with Gasteiger partial charge in [0.15, 0.2) is 0 Å². The van der Waals surface area contributed by atoms with Crippen LogP contribution in [0.25, 0.3) is 21.5 Å². The molecule has 0 heterocycles. The number of carbonyl (C=O) groups excluding carboxylic acids is 1. The monoisotopic (exact) mass is 279 g/mol. The molecule has 0 unspecified atom stereocenters. The number of ether oxygens (including phenoxy) is 1. The van der Waals surface area contributed by atoms with Gasteiger partial charge >= 0.3 is 5.97 Å². The van der Waals surface area contributed by atoms with Crippen molar-refractivity contribution in [2.75, 3.05) is 6.54 Å². The molecule has 2 N–H and O–H groups in total. The van der Waals surface area contributed by atoms with Gasteiger partial charge in [0.25, 0.3) is 0 Å². The first-order valence-electron chi connectivity index (χ1n) is 7.10. The van der Waals surface area contributed by atoms with E-state index < -0.39 is 0 Å². The van der Waals surface area contributed by atoms with Crippen molar-refractivity contribution in [2.45, 2.75) is 12.8 Å². The molecule has 3 nitrogen and oxygen atoms in total. The van der Waals surface area contributed by atoms with Gasteiger partial charge in [-0.05, 0) is 46.6 Å². The van der Waals surface area contributed by atoms with Gasteiger partial charge in [0.1, 0.15) is 5.75 Å². The Morgan fingerprint density at radius 1 is 0.952 bits per heavy atom. The number of hydrogen-bond donors (Lipinski definition) is 1. The van der Waals surface area contributed by atoms with Crippen molar-refractivity contribution in [1.82, 2.24) is 0 Å². The third kappa shape index (κ3) is 2.88. The standard InChI is InChI=1S/C18H17NO2/c19-11-3-6-18(20)21-15-10-9-14-8-7-13-4-1-2-5-16(13)17(14)12-15/h1-2,4-5,7-10,12H,3,6,11,19H2. The van der Waals surface area contributed by atoms with Crippen molar-refractivity contribution >= 4 is 27.5 Å². The Morgan fingerprint density at radius 3 is 2.48 bits per heavy atom. The van der Waals surface area contributed by atoms with E-state index in [1.165, 1.54) is 5.39 Å². The highest BCUT2D eigenvalue weighted by Gasteiger charge is 2.06. The van der Waals surface area contributed by atoms with Gasteiger partial charge in [0.2, 0.25) is 0 Å². The van der Waals surface area contributed by atoms with Gasteiger partial charge in [0, 0.05) is 6.42 Å². The van der Waals surface area contributed by atoms with Crippen LogP contribution >= 0.6 is 0 Å². The van der Waals surface area contributed by atoms with Crippen LogP contribution < -0.4 is 10.5 Å². The van der Waals surface area contributed by atoms with Crippen LogP contribution in [-0.4, -0.2) is 12.5 Å². The molecule has 0 fully saturated rings. The predicted octanol–water partition coefficient (Wildman–Crippen LogP) is 3.64. The van der Waals surface area contributed by atoms with Crippen LogP contribution in [0.3, 0.4) is 0 Å². The number of fused-ring (bicyclic) bond motifs is 3. The molecule has 0 saturated heterocycles. The maximum absolute atomic E-state index is 11.7. The Bertz CT molecular complexity index is 795. The minimum Gasteiger partial charge on any atom is -0.427 e. The summed E-state index contributed by atoms with van der Waals surface area (Å²) in [5, 5.41) is 4.57. The molecule has 0 saturated carbocycles. The van der Waals surface area contributed by atoms with Crippen molar-refractivity contribution in [1.29, 1.82) is 0 Å². The highest BCUT2D eigenvalue weighted by atomic mass is 16.5. The van der Waals surface area contributed by atoms with E-state index in [0.29, 0.717) is 25.1 Å². The summed E-state index contributed by atoms with van der Waals surface area (Å²) in [6.45, 7) is 0.497. The molecule has 0 atom stereocenters. The van der Waals surface area contributed by atoms with Crippen LogP contribution in [0.2, 0.25) is 0 Å². The molecule has 0 aliphatic rings. The van der Waals surface area contributed by atoms with Crippen LogP contribution in [0.5, 0.6) is 5.75 Å². The lowest BCUT2D eigenvalue weighted by molar-refractivity contribution is -0.134. The summed E-state index contributed by atoms with van der Waals surface area (Å²) in [6.07, 6.45) is 0.999. The molecule has 3 aromatic rings. The van der Waals surface area contributed by atoms with Crippen molar-refractivity contribution in [3.63, 3.8) is 0 Å². The predicted molar refractivity (Wildman–Crippen MR) is 85.4 cm³/mol. The maximum Gasteiger partial charge on any atom is 0.311 e. The van der Waals surface area contributed by atoms with E-state index in [9.17, 15) is 4.79 Å². The van der Waals surface area contributed by atoms with Gasteiger partial charge in [-0.25, -0.2) is 0 Å². The molecular formula is C18H17NO2. The van der Waals surface area contributed by atoms with Gasteiger partial charge in [-0.1, -0.05) is 42.5 Å². The lowest BCUT2D eigenvalue weighted by atomic mass is 10.0. The minimum atomic E-state index is -0.236. The molecule has 21 heavy (non-hydrogen) atoms. The average Bonchev–Trinajstić information content (AvgIpc) is 2.53. The third-order valence-corrected chi connectivity index (χ3v) is 3.53. The molecule has 3 aromatic carbocycles. The van der Waals surface area contributed by atoms with Crippen molar-refractivity contribution in [2.24, 2.45) is 5.73 Å². The number of hydrogen-bond acceptors (Lipinski definition) is 3. The second-order valence-electron chi connectivity index (χ2n) is 5.04. The lowest BCUT2D eigenvalue weighted by Gasteiger charge is -2.07. The zero-order valence-corrected chi connectivity index (χ0v) is 11.7. The van der Waals surface area contributed by atoms with E-state index in [4.69, 9.17) is 10.5 Å². The van der Waals surface area contributed by atoms with E-state index >= 15 is 0 Å². The van der Waals surface area contributed by atoms with Crippen molar-refractivity contribution in [3.05, 3.63) is 54.6 Å². The Hall–Kier alpha value is -2.39. The first-order chi connectivity index (χ1) is 10.3. The number of nitrogens with two attached hydrogens (primary N) is 1. The van der Waals surface area contributed by atoms with E-state index in [-0.39, 0.29) is 5.97 Å². The number of carbonyl (C=O) groups is 1. The van der Waals surface area contributed by atoms with Crippen LogP contribution in [0, 0.1) is 0 Å². The zero-order chi connectivity index (χ0) is 14.7. The van der Waals surface area contributed by atoms with Crippen molar-refractivity contribution < 1.29 is 9.53 Å².